The molecule has 0 bridgehead atoms. The van der Waals surface area contributed by atoms with Crippen LogP contribution >= 0.6 is 0 Å². The van der Waals surface area contributed by atoms with E-state index in [1.807, 2.05) is 6.92 Å². The fraction of sp³-hybridized carbons (Fsp3) is 0.429. The van der Waals surface area contributed by atoms with Crippen LogP contribution in [0, 0.1) is 0 Å². The van der Waals surface area contributed by atoms with Gasteiger partial charge >= 0.3 is 0 Å². The highest BCUT2D eigenvalue weighted by molar-refractivity contribution is 5.99. The first-order valence-corrected chi connectivity index (χ1v) is 6.58. The number of nitrogens with one attached hydrogen (secondary N) is 1. The molecule has 3 N–H and O–H groups in total. The standard InChI is InChI=1S/C14H19N3O2/c1-2-16-12-4-3-9-17(14(12)19)11-7-5-10(6-8-11)13(15)18/h5-8,12,16H,2-4,9H2,1H3,(H2,15,18). The molecule has 5 heteroatoms. The zero-order chi connectivity index (χ0) is 13.8. The van der Waals surface area contributed by atoms with Crippen LogP contribution in [0.25, 0.3) is 0 Å². The third-order valence-corrected chi connectivity index (χ3v) is 3.35. The summed E-state index contributed by atoms with van der Waals surface area (Å²) in [7, 11) is 0. The number of rotatable bonds is 4. The van der Waals surface area contributed by atoms with E-state index in [4.69, 9.17) is 5.73 Å². The molecule has 1 unspecified atom stereocenters. The van der Waals surface area contributed by atoms with E-state index in [-0.39, 0.29) is 11.9 Å². The number of nitrogens with two attached hydrogens (primary N) is 1. The molecule has 0 aromatic heterocycles. The Balaban J connectivity index is 2.16. The van der Waals surface area contributed by atoms with E-state index in [0.717, 1.165) is 31.6 Å². The van der Waals surface area contributed by atoms with Gasteiger partial charge in [0.25, 0.3) is 0 Å². The molecule has 102 valence electrons. The van der Waals surface area contributed by atoms with Crippen LogP contribution in [-0.4, -0.2) is 30.9 Å². The highest BCUT2D eigenvalue weighted by Gasteiger charge is 2.28. The Morgan fingerprint density at radius 2 is 2.11 bits per heavy atom. The van der Waals surface area contributed by atoms with E-state index in [0.29, 0.717) is 5.56 Å². The lowest BCUT2D eigenvalue weighted by Crippen LogP contribution is -2.50. The fourth-order valence-electron chi connectivity index (χ4n) is 2.37. The Labute approximate surface area is 112 Å². The number of benzene rings is 1. The van der Waals surface area contributed by atoms with Gasteiger partial charge in [-0.15, -0.1) is 0 Å². The van der Waals surface area contributed by atoms with Gasteiger partial charge in [-0.2, -0.15) is 0 Å². The number of piperidine rings is 1. The smallest absolute Gasteiger partial charge is 0.248 e. The number of hydrogen-bond acceptors (Lipinski definition) is 3. The van der Waals surface area contributed by atoms with E-state index in [1.165, 1.54) is 0 Å². The van der Waals surface area contributed by atoms with Crippen molar-refractivity contribution in [2.75, 3.05) is 18.0 Å². The summed E-state index contributed by atoms with van der Waals surface area (Å²) in [6.45, 7) is 3.50. The predicted molar refractivity (Wildman–Crippen MR) is 74.0 cm³/mol. The maximum Gasteiger partial charge on any atom is 0.248 e. The largest absolute Gasteiger partial charge is 0.366 e. The van der Waals surface area contributed by atoms with Gasteiger partial charge in [-0.25, -0.2) is 0 Å². The van der Waals surface area contributed by atoms with Crippen molar-refractivity contribution in [3.63, 3.8) is 0 Å². The molecule has 1 atom stereocenters. The van der Waals surface area contributed by atoms with Crippen LogP contribution < -0.4 is 16.0 Å². The summed E-state index contributed by atoms with van der Waals surface area (Å²) in [4.78, 5) is 25.1. The number of anilines is 1. The molecular formula is C14H19N3O2. The van der Waals surface area contributed by atoms with Gasteiger partial charge < -0.3 is 16.0 Å². The molecule has 1 heterocycles. The second-order valence-corrected chi connectivity index (χ2v) is 4.65. The number of hydrogen-bond donors (Lipinski definition) is 2. The molecule has 19 heavy (non-hydrogen) atoms. The van der Waals surface area contributed by atoms with Crippen LogP contribution in [0.5, 0.6) is 0 Å². The lowest BCUT2D eigenvalue weighted by molar-refractivity contribution is -0.121. The minimum atomic E-state index is -0.456. The Bertz CT molecular complexity index is 468. The van der Waals surface area contributed by atoms with Crippen LogP contribution in [0.4, 0.5) is 5.69 Å². The van der Waals surface area contributed by atoms with Crippen molar-refractivity contribution in [2.24, 2.45) is 5.73 Å². The molecule has 2 amide bonds. The lowest BCUT2D eigenvalue weighted by atomic mass is 10.0. The van der Waals surface area contributed by atoms with Gasteiger partial charge in [0, 0.05) is 17.8 Å². The van der Waals surface area contributed by atoms with Crippen LogP contribution in [0.2, 0.25) is 0 Å². The molecule has 1 saturated heterocycles. The summed E-state index contributed by atoms with van der Waals surface area (Å²) < 4.78 is 0. The third kappa shape index (κ3) is 2.93. The SMILES string of the molecule is CCNC1CCCN(c2ccc(C(N)=O)cc2)C1=O. The molecule has 1 aromatic carbocycles. The molecule has 0 saturated carbocycles. The Kier molecular flexibility index (Phi) is 4.16. The van der Waals surface area contributed by atoms with Gasteiger partial charge in [0.05, 0.1) is 6.04 Å². The van der Waals surface area contributed by atoms with Crippen molar-refractivity contribution < 1.29 is 9.59 Å². The average Bonchev–Trinajstić information content (AvgIpc) is 2.41. The molecule has 0 radical (unpaired) electrons. The first-order valence-electron chi connectivity index (χ1n) is 6.58. The molecule has 1 aromatic rings. The highest BCUT2D eigenvalue weighted by atomic mass is 16.2. The number of carbonyl (C=O) groups is 2. The monoisotopic (exact) mass is 261 g/mol. The lowest BCUT2D eigenvalue weighted by Gasteiger charge is -2.32. The molecule has 0 aliphatic carbocycles. The zero-order valence-corrected chi connectivity index (χ0v) is 11.1. The van der Waals surface area contributed by atoms with Crippen molar-refractivity contribution in [3.05, 3.63) is 29.8 Å². The average molecular weight is 261 g/mol. The third-order valence-electron chi connectivity index (χ3n) is 3.35. The predicted octanol–water partition coefficient (Wildman–Crippen LogP) is 0.890. The Morgan fingerprint density at radius 3 is 2.68 bits per heavy atom. The number of primary amides is 1. The van der Waals surface area contributed by atoms with E-state index >= 15 is 0 Å². The quantitative estimate of drug-likeness (QED) is 0.845. The van der Waals surface area contributed by atoms with Gasteiger partial charge in [-0.05, 0) is 43.7 Å². The number of amides is 2. The Hall–Kier alpha value is -1.88. The van der Waals surface area contributed by atoms with Crippen molar-refractivity contribution in [2.45, 2.75) is 25.8 Å². The normalized spacial score (nSPS) is 19.5. The van der Waals surface area contributed by atoms with Crippen LogP contribution in [0.3, 0.4) is 0 Å². The fourth-order valence-corrected chi connectivity index (χ4v) is 2.37. The minimum Gasteiger partial charge on any atom is -0.366 e. The first kappa shape index (κ1) is 13.5. The number of likely N-dealkylation sites (N-methyl/N-ethyl adjacent to an activating group) is 1. The van der Waals surface area contributed by atoms with Gasteiger partial charge in [-0.3, -0.25) is 9.59 Å². The highest BCUT2D eigenvalue weighted by Crippen LogP contribution is 2.21. The molecule has 5 nitrogen and oxygen atoms in total. The van der Waals surface area contributed by atoms with Gasteiger partial charge in [-0.1, -0.05) is 6.92 Å². The van der Waals surface area contributed by atoms with Gasteiger partial charge in [0.2, 0.25) is 11.8 Å². The molecule has 1 fully saturated rings. The van der Waals surface area contributed by atoms with E-state index in [2.05, 4.69) is 5.32 Å². The summed E-state index contributed by atoms with van der Waals surface area (Å²) in [5.74, 6) is -0.359. The molecule has 0 spiro atoms. The first-order chi connectivity index (χ1) is 9.13. The van der Waals surface area contributed by atoms with Crippen LogP contribution in [-0.2, 0) is 4.79 Å². The maximum absolute atomic E-state index is 12.3. The molecule has 1 aliphatic rings. The summed E-state index contributed by atoms with van der Waals surface area (Å²) in [5, 5.41) is 3.20. The zero-order valence-electron chi connectivity index (χ0n) is 11.1. The second-order valence-electron chi connectivity index (χ2n) is 4.65. The summed E-state index contributed by atoms with van der Waals surface area (Å²) >= 11 is 0. The number of carbonyl (C=O) groups excluding carboxylic acids is 2. The van der Waals surface area contributed by atoms with Crippen molar-refractivity contribution in [1.29, 1.82) is 0 Å². The summed E-state index contributed by atoms with van der Waals surface area (Å²) in [6, 6.07) is 6.75. The Morgan fingerprint density at radius 1 is 1.42 bits per heavy atom. The summed E-state index contributed by atoms with van der Waals surface area (Å²) in [5.41, 5.74) is 6.47. The second kappa shape index (κ2) is 5.84. The maximum atomic E-state index is 12.3. The van der Waals surface area contributed by atoms with Crippen LogP contribution in [0.15, 0.2) is 24.3 Å². The number of nitrogens with zero attached hydrogens (tertiary/aromatic N) is 1. The summed E-state index contributed by atoms with van der Waals surface area (Å²) in [6.07, 6.45) is 1.85. The van der Waals surface area contributed by atoms with E-state index in [1.54, 1.807) is 29.2 Å². The molecule has 2 rings (SSSR count). The van der Waals surface area contributed by atoms with Crippen LogP contribution in [0.1, 0.15) is 30.1 Å². The van der Waals surface area contributed by atoms with Gasteiger partial charge in [0.1, 0.15) is 0 Å². The van der Waals surface area contributed by atoms with Crippen molar-refractivity contribution in [1.82, 2.24) is 5.32 Å². The minimum absolute atomic E-state index is 0.0972. The van der Waals surface area contributed by atoms with Gasteiger partial charge in [0.15, 0.2) is 0 Å². The molecule has 1 aliphatic heterocycles. The van der Waals surface area contributed by atoms with Crippen molar-refractivity contribution in [3.8, 4) is 0 Å². The van der Waals surface area contributed by atoms with E-state index in [9.17, 15) is 9.59 Å². The molecular weight excluding hydrogens is 242 g/mol. The van der Waals surface area contributed by atoms with Crippen molar-refractivity contribution >= 4 is 17.5 Å². The topological polar surface area (TPSA) is 75.4 Å². The van der Waals surface area contributed by atoms with E-state index < -0.39 is 5.91 Å².